The molecule has 84 valence electrons. The fraction of sp³-hybridized carbons (Fsp3) is 0.308. The SMILES string of the molecule is CC(C)OCC(=O)c1cc2ccccc2o1. The van der Waals surface area contributed by atoms with Gasteiger partial charge >= 0.3 is 0 Å². The van der Waals surface area contributed by atoms with Crippen molar-refractivity contribution in [2.75, 3.05) is 6.61 Å². The summed E-state index contributed by atoms with van der Waals surface area (Å²) in [6.07, 6.45) is 0.0494. The molecule has 0 aliphatic heterocycles. The third-order valence-corrected chi connectivity index (χ3v) is 2.25. The molecule has 0 unspecified atom stereocenters. The Balaban J connectivity index is 2.17. The van der Waals surface area contributed by atoms with E-state index in [-0.39, 0.29) is 18.5 Å². The van der Waals surface area contributed by atoms with Crippen LogP contribution in [-0.4, -0.2) is 18.5 Å². The molecule has 3 heteroatoms. The van der Waals surface area contributed by atoms with Gasteiger partial charge in [-0.2, -0.15) is 0 Å². The van der Waals surface area contributed by atoms with Crippen LogP contribution in [0.15, 0.2) is 34.7 Å². The van der Waals surface area contributed by atoms with Crippen LogP contribution >= 0.6 is 0 Å². The Morgan fingerprint density at radius 1 is 1.38 bits per heavy atom. The summed E-state index contributed by atoms with van der Waals surface area (Å²) in [5.41, 5.74) is 0.732. The number of carbonyl (C=O) groups excluding carboxylic acids is 1. The number of hydrogen-bond acceptors (Lipinski definition) is 3. The minimum atomic E-state index is -0.120. The van der Waals surface area contributed by atoms with Gasteiger partial charge in [0.1, 0.15) is 12.2 Å². The van der Waals surface area contributed by atoms with Crippen molar-refractivity contribution in [3.63, 3.8) is 0 Å². The molecule has 0 spiro atoms. The lowest BCUT2D eigenvalue weighted by Crippen LogP contribution is -2.12. The van der Waals surface area contributed by atoms with Crippen LogP contribution in [0.2, 0.25) is 0 Å². The van der Waals surface area contributed by atoms with Crippen molar-refractivity contribution < 1.29 is 13.9 Å². The Hall–Kier alpha value is -1.61. The van der Waals surface area contributed by atoms with E-state index in [1.807, 2.05) is 38.1 Å². The molecular weight excluding hydrogens is 204 g/mol. The third-order valence-electron chi connectivity index (χ3n) is 2.25. The molecule has 0 aliphatic carbocycles. The number of fused-ring (bicyclic) bond motifs is 1. The van der Waals surface area contributed by atoms with Crippen LogP contribution in [0.3, 0.4) is 0 Å². The number of hydrogen-bond donors (Lipinski definition) is 0. The number of carbonyl (C=O) groups is 1. The Kier molecular flexibility index (Phi) is 3.06. The van der Waals surface area contributed by atoms with Gasteiger partial charge in [-0.3, -0.25) is 4.79 Å². The Bertz CT molecular complexity index is 464. The zero-order valence-electron chi connectivity index (χ0n) is 9.40. The van der Waals surface area contributed by atoms with Gasteiger partial charge in [-0.1, -0.05) is 18.2 Å². The second-order valence-electron chi connectivity index (χ2n) is 3.93. The van der Waals surface area contributed by atoms with Crippen LogP contribution < -0.4 is 0 Å². The van der Waals surface area contributed by atoms with Crippen LogP contribution in [0.1, 0.15) is 24.4 Å². The van der Waals surface area contributed by atoms with Gasteiger partial charge in [0.15, 0.2) is 5.76 Å². The van der Waals surface area contributed by atoms with Crippen LogP contribution in [-0.2, 0) is 4.74 Å². The van der Waals surface area contributed by atoms with Crippen LogP contribution in [0.4, 0.5) is 0 Å². The lowest BCUT2D eigenvalue weighted by atomic mass is 10.2. The number of para-hydroxylation sites is 1. The van der Waals surface area contributed by atoms with Crippen molar-refractivity contribution in [3.8, 4) is 0 Å². The molecule has 0 amide bonds. The maximum Gasteiger partial charge on any atom is 0.223 e. The highest BCUT2D eigenvalue weighted by Gasteiger charge is 2.12. The summed E-state index contributed by atoms with van der Waals surface area (Å²) in [5, 5.41) is 0.940. The number of furan rings is 1. The standard InChI is InChI=1S/C13H14O3/c1-9(2)15-8-11(14)13-7-10-5-3-4-6-12(10)16-13/h3-7,9H,8H2,1-2H3. The molecule has 2 rings (SSSR count). The number of ether oxygens (including phenoxy) is 1. The molecule has 1 aromatic heterocycles. The third kappa shape index (κ3) is 2.31. The van der Waals surface area contributed by atoms with E-state index in [1.54, 1.807) is 6.07 Å². The molecule has 0 saturated heterocycles. The van der Waals surface area contributed by atoms with Crippen LogP contribution in [0.25, 0.3) is 11.0 Å². The molecule has 2 aromatic rings. The van der Waals surface area contributed by atoms with Gasteiger partial charge in [0, 0.05) is 5.39 Å². The minimum absolute atomic E-state index is 0.0494. The van der Waals surface area contributed by atoms with E-state index in [1.165, 1.54) is 0 Å². The van der Waals surface area contributed by atoms with E-state index in [4.69, 9.17) is 9.15 Å². The summed E-state index contributed by atoms with van der Waals surface area (Å²) in [5.74, 6) is 0.242. The average Bonchev–Trinajstić information content (AvgIpc) is 2.69. The summed E-state index contributed by atoms with van der Waals surface area (Å²) >= 11 is 0. The number of Topliss-reactive ketones (excluding diaryl/α,β-unsaturated/α-hetero) is 1. The van der Waals surface area contributed by atoms with Gasteiger partial charge in [-0.05, 0) is 26.0 Å². The first-order valence-corrected chi connectivity index (χ1v) is 5.30. The fourth-order valence-corrected chi connectivity index (χ4v) is 1.43. The van der Waals surface area contributed by atoms with Gasteiger partial charge in [0.25, 0.3) is 0 Å². The van der Waals surface area contributed by atoms with Crippen LogP contribution in [0, 0.1) is 0 Å². The van der Waals surface area contributed by atoms with Gasteiger partial charge in [0.2, 0.25) is 5.78 Å². The Morgan fingerprint density at radius 2 is 2.12 bits per heavy atom. The van der Waals surface area contributed by atoms with E-state index < -0.39 is 0 Å². The zero-order valence-corrected chi connectivity index (χ0v) is 9.40. The number of benzene rings is 1. The Morgan fingerprint density at radius 3 is 2.81 bits per heavy atom. The predicted octanol–water partition coefficient (Wildman–Crippen LogP) is 3.04. The molecule has 3 nitrogen and oxygen atoms in total. The molecule has 0 fully saturated rings. The summed E-state index contributed by atoms with van der Waals surface area (Å²) in [6, 6.07) is 9.30. The van der Waals surface area contributed by atoms with Gasteiger partial charge < -0.3 is 9.15 Å². The molecule has 1 aromatic carbocycles. The first kappa shape index (κ1) is 10.9. The smallest absolute Gasteiger partial charge is 0.223 e. The summed E-state index contributed by atoms with van der Waals surface area (Å²) in [7, 11) is 0. The highest BCUT2D eigenvalue weighted by atomic mass is 16.5. The van der Waals surface area contributed by atoms with E-state index >= 15 is 0 Å². The highest BCUT2D eigenvalue weighted by molar-refractivity contribution is 5.98. The largest absolute Gasteiger partial charge is 0.453 e. The van der Waals surface area contributed by atoms with Crippen molar-refractivity contribution >= 4 is 16.8 Å². The van der Waals surface area contributed by atoms with Crippen molar-refractivity contribution in [1.29, 1.82) is 0 Å². The maximum absolute atomic E-state index is 11.7. The average molecular weight is 218 g/mol. The first-order chi connectivity index (χ1) is 7.66. The second-order valence-corrected chi connectivity index (χ2v) is 3.93. The molecule has 0 bridgehead atoms. The van der Waals surface area contributed by atoms with E-state index in [0.29, 0.717) is 5.76 Å². The first-order valence-electron chi connectivity index (χ1n) is 5.30. The number of rotatable bonds is 4. The quantitative estimate of drug-likeness (QED) is 0.740. The van der Waals surface area contributed by atoms with E-state index in [0.717, 1.165) is 11.0 Å². The maximum atomic E-state index is 11.7. The zero-order chi connectivity index (χ0) is 11.5. The molecular formula is C13H14O3. The van der Waals surface area contributed by atoms with E-state index in [2.05, 4.69) is 0 Å². The number of ketones is 1. The van der Waals surface area contributed by atoms with Gasteiger partial charge in [-0.25, -0.2) is 0 Å². The summed E-state index contributed by atoms with van der Waals surface area (Å²) < 4.78 is 10.7. The predicted molar refractivity (Wildman–Crippen MR) is 61.6 cm³/mol. The van der Waals surface area contributed by atoms with Crippen molar-refractivity contribution in [3.05, 3.63) is 36.1 Å². The topological polar surface area (TPSA) is 39.4 Å². The lowest BCUT2D eigenvalue weighted by molar-refractivity contribution is 0.0564. The molecule has 0 radical (unpaired) electrons. The lowest BCUT2D eigenvalue weighted by Gasteiger charge is -2.04. The Labute approximate surface area is 94.0 Å². The normalized spacial score (nSPS) is 11.2. The molecule has 0 N–H and O–H groups in total. The molecule has 0 saturated carbocycles. The summed E-state index contributed by atoms with van der Waals surface area (Å²) in [6.45, 7) is 3.86. The van der Waals surface area contributed by atoms with Gasteiger partial charge in [0.05, 0.1) is 6.10 Å². The van der Waals surface area contributed by atoms with Crippen molar-refractivity contribution in [1.82, 2.24) is 0 Å². The summed E-state index contributed by atoms with van der Waals surface area (Å²) in [4.78, 5) is 11.7. The van der Waals surface area contributed by atoms with Gasteiger partial charge in [-0.15, -0.1) is 0 Å². The molecule has 0 aliphatic rings. The fourth-order valence-electron chi connectivity index (χ4n) is 1.43. The molecule has 16 heavy (non-hydrogen) atoms. The minimum Gasteiger partial charge on any atom is -0.453 e. The molecule has 1 heterocycles. The van der Waals surface area contributed by atoms with Crippen LogP contribution in [0.5, 0.6) is 0 Å². The van der Waals surface area contributed by atoms with E-state index in [9.17, 15) is 4.79 Å². The highest BCUT2D eigenvalue weighted by Crippen LogP contribution is 2.19. The monoisotopic (exact) mass is 218 g/mol. The second kappa shape index (κ2) is 4.49. The van der Waals surface area contributed by atoms with Crippen molar-refractivity contribution in [2.45, 2.75) is 20.0 Å². The van der Waals surface area contributed by atoms with Crippen molar-refractivity contribution in [2.24, 2.45) is 0 Å². The molecule has 0 atom stereocenters.